The number of morpholine rings is 1. The molecule has 1 atom stereocenters. The van der Waals surface area contributed by atoms with Crippen LogP contribution in [0, 0.1) is 13.8 Å². The molecular weight excluding hydrogens is 378 g/mol. The van der Waals surface area contributed by atoms with E-state index in [1.54, 1.807) is 6.07 Å². The van der Waals surface area contributed by atoms with Crippen LogP contribution in [-0.2, 0) is 9.53 Å². The van der Waals surface area contributed by atoms with E-state index in [2.05, 4.69) is 46.7 Å². The minimum atomic E-state index is -0.149. The van der Waals surface area contributed by atoms with Crippen LogP contribution in [0.5, 0.6) is 0 Å². The van der Waals surface area contributed by atoms with Gasteiger partial charge in [-0.25, -0.2) is 0 Å². The Hall–Kier alpha value is -2.70. The van der Waals surface area contributed by atoms with E-state index in [1.165, 1.54) is 5.56 Å². The highest BCUT2D eigenvalue weighted by atomic mass is 16.5. The van der Waals surface area contributed by atoms with E-state index in [9.17, 15) is 9.59 Å². The van der Waals surface area contributed by atoms with E-state index < -0.39 is 0 Å². The molecule has 1 heterocycles. The molecule has 2 aromatic carbocycles. The molecule has 0 spiro atoms. The number of hydrogen-bond acceptors (Lipinski definition) is 4. The Labute approximate surface area is 178 Å². The number of ether oxygens (including phenoxy) is 1. The summed E-state index contributed by atoms with van der Waals surface area (Å²) in [6, 6.07) is 15.6. The van der Waals surface area contributed by atoms with Crippen LogP contribution in [0.1, 0.15) is 39.5 Å². The molecule has 2 N–H and O–H groups in total. The zero-order valence-electron chi connectivity index (χ0n) is 17.8. The van der Waals surface area contributed by atoms with Crippen molar-refractivity contribution >= 4 is 11.8 Å². The lowest BCUT2D eigenvalue weighted by molar-refractivity contribution is -0.121. The lowest BCUT2D eigenvalue weighted by Gasteiger charge is -2.31. The number of aryl methyl sites for hydroxylation is 2. The van der Waals surface area contributed by atoms with Gasteiger partial charge in [0.2, 0.25) is 5.91 Å². The van der Waals surface area contributed by atoms with Gasteiger partial charge in [0.1, 0.15) is 0 Å². The van der Waals surface area contributed by atoms with E-state index in [0.29, 0.717) is 12.1 Å². The van der Waals surface area contributed by atoms with Crippen LogP contribution >= 0.6 is 0 Å². The number of carbonyl (C=O) groups excluding carboxylic acids is 2. The van der Waals surface area contributed by atoms with Crippen LogP contribution in [0.2, 0.25) is 0 Å². The van der Waals surface area contributed by atoms with Crippen molar-refractivity contribution in [1.29, 1.82) is 0 Å². The van der Waals surface area contributed by atoms with Crippen molar-refractivity contribution < 1.29 is 14.3 Å². The van der Waals surface area contributed by atoms with Crippen LogP contribution < -0.4 is 10.6 Å². The summed E-state index contributed by atoms with van der Waals surface area (Å²) in [6.45, 7) is 8.18. The summed E-state index contributed by atoms with van der Waals surface area (Å²) in [7, 11) is 0. The first-order valence-corrected chi connectivity index (χ1v) is 10.5. The van der Waals surface area contributed by atoms with Gasteiger partial charge in [-0.2, -0.15) is 0 Å². The van der Waals surface area contributed by atoms with E-state index >= 15 is 0 Å². The monoisotopic (exact) mass is 409 g/mol. The van der Waals surface area contributed by atoms with Crippen molar-refractivity contribution in [2.24, 2.45) is 0 Å². The van der Waals surface area contributed by atoms with Gasteiger partial charge >= 0.3 is 0 Å². The Morgan fingerprint density at radius 2 is 1.73 bits per heavy atom. The van der Waals surface area contributed by atoms with Crippen LogP contribution in [0.25, 0.3) is 0 Å². The molecule has 1 fully saturated rings. The summed E-state index contributed by atoms with van der Waals surface area (Å²) in [5, 5.41) is 6.00. The molecule has 0 saturated carbocycles. The lowest BCUT2D eigenvalue weighted by Crippen LogP contribution is -2.43. The van der Waals surface area contributed by atoms with Gasteiger partial charge in [-0.05, 0) is 31.0 Å². The van der Waals surface area contributed by atoms with Gasteiger partial charge in [-0.1, -0.05) is 48.0 Å². The highest BCUT2D eigenvalue weighted by Crippen LogP contribution is 2.17. The molecular formula is C24H31N3O3. The minimum absolute atomic E-state index is 0.0704. The maximum atomic E-state index is 12.6. The normalized spacial score (nSPS) is 15.4. The number of hydrogen-bond donors (Lipinski definition) is 2. The van der Waals surface area contributed by atoms with E-state index in [1.807, 2.05) is 25.1 Å². The van der Waals surface area contributed by atoms with Gasteiger partial charge in [0, 0.05) is 38.2 Å². The zero-order chi connectivity index (χ0) is 21.3. The molecule has 160 valence electrons. The molecule has 1 saturated heterocycles. The third kappa shape index (κ3) is 6.40. The van der Waals surface area contributed by atoms with Crippen molar-refractivity contribution in [3.05, 3.63) is 70.8 Å². The predicted molar refractivity (Wildman–Crippen MR) is 117 cm³/mol. The Kier molecular flexibility index (Phi) is 7.99. The SMILES string of the molecule is Cc1ccc([C@@H](CN2CCOCC2)NC(=O)CCNC(=O)c2ccccc2C)cc1. The first kappa shape index (κ1) is 22.0. The van der Waals surface area contributed by atoms with Crippen LogP contribution in [0.4, 0.5) is 0 Å². The minimum Gasteiger partial charge on any atom is -0.379 e. The second-order valence-corrected chi connectivity index (χ2v) is 7.76. The summed E-state index contributed by atoms with van der Waals surface area (Å²) in [5.41, 5.74) is 3.84. The standard InChI is InChI=1S/C24H31N3O3/c1-18-7-9-20(10-8-18)22(17-27-13-15-30-16-14-27)26-23(28)11-12-25-24(29)21-6-4-3-5-19(21)2/h3-10,22H,11-17H2,1-2H3,(H,25,29)(H,26,28)/t22-/m1/s1. The van der Waals surface area contributed by atoms with Gasteiger partial charge in [-0.15, -0.1) is 0 Å². The second-order valence-electron chi connectivity index (χ2n) is 7.76. The fourth-order valence-electron chi connectivity index (χ4n) is 3.55. The number of nitrogens with zero attached hydrogens (tertiary/aromatic N) is 1. The molecule has 0 aromatic heterocycles. The fourth-order valence-corrected chi connectivity index (χ4v) is 3.55. The number of nitrogens with one attached hydrogen (secondary N) is 2. The number of amides is 2. The maximum absolute atomic E-state index is 12.6. The van der Waals surface area contributed by atoms with Crippen molar-refractivity contribution in [3.8, 4) is 0 Å². The molecule has 3 rings (SSSR count). The van der Waals surface area contributed by atoms with E-state index in [-0.39, 0.29) is 24.3 Å². The maximum Gasteiger partial charge on any atom is 0.251 e. The van der Waals surface area contributed by atoms with Gasteiger partial charge in [0.05, 0.1) is 19.3 Å². The summed E-state index contributed by atoms with van der Waals surface area (Å²) < 4.78 is 5.43. The van der Waals surface area contributed by atoms with E-state index in [4.69, 9.17) is 4.74 Å². The predicted octanol–water partition coefficient (Wildman–Crippen LogP) is 2.61. The van der Waals surface area contributed by atoms with Crippen LogP contribution in [0.15, 0.2) is 48.5 Å². The average molecular weight is 410 g/mol. The van der Waals surface area contributed by atoms with Crippen molar-refractivity contribution in [2.45, 2.75) is 26.3 Å². The number of benzene rings is 2. The number of carbonyl (C=O) groups is 2. The third-order valence-corrected chi connectivity index (χ3v) is 5.39. The molecule has 30 heavy (non-hydrogen) atoms. The Morgan fingerprint density at radius 3 is 2.43 bits per heavy atom. The molecule has 0 radical (unpaired) electrons. The van der Waals surface area contributed by atoms with Gasteiger partial charge in [-0.3, -0.25) is 14.5 Å². The molecule has 1 aliphatic rings. The van der Waals surface area contributed by atoms with Gasteiger partial charge in [0.25, 0.3) is 5.91 Å². The smallest absolute Gasteiger partial charge is 0.251 e. The summed E-state index contributed by atoms with van der Waals surface area (Å²) in [6.07, 6.45) is 0.239. The van der Waals surface area contributed by atoms with Crippen LogP contribution in [-0.4, -0.2) is 56.1 Å². The molecule has 2 amide bonds. The Balaban J connectivity index is 1.55. The number of rotatable bonds is 8. The van der Waals surface area contributed by atoms with Gasteiger partial charge in [0.15, 0.2) is 0 Å². The second kappa shape index (κ2) is 10.9. The first-order valence-electron chi connectivity index (χ1n) is 10.5. The third-order valence-electron chi connectivity index (χ3n) is 5.39. The average Bonchev–Trinajstić information content (AvgIpc) is 2.75. The van der Waals surface area contributed by atoms with E-state index in [0.717, 1.165) is 44.0 Å². The lowest BCUT2D eigenvalue weighted by atomic mass is 10.0. The molecule has 6 nitrogen and oxygen atoms in total. The molecule has 1 aliphatic heterocycles. The fraction of sp³-hybridized carbons (Fsp3) is 0.417. The summed E-state index contributed by atoms with van der Waals surface area (Å²) >= 11 is 0. The van der Waals surface area contributed by atoms with Crippen molar-refractivity contribution in [1.82, 2.24) is 15.5 Å². The highest BCUT2D eigenvalue weighted by molar-refractivity contribution is 5.95. The van der Waals surface area contributed by atoms with Crippen LogP contribution in [0.3, 0.4) is 0 Å². The molecule has 0 aliphatic carbocycles. The topological polar surface area (TPSA) is 70.7 Å². The molecule has 0 bridgehead atoms. The highest BCUT2D eigenvalue weighted by Gasteiger charge is 2.20. The first-order chi connectivity index (χ1) is 14.5. The van der Waals surface area contributed by atoms with Crippen molar-refractivity contribution in [3.63, 3.8) is 0 Å². The largest absolute Gasteiger partial charge is 0.379 e. The summed E-state index contributed by atoms with van der Waals surface area (Å²) in [4.78, 5) is 27.3. The van der Waals surface area contributed by atoms with Gasteiger partial charge < -0.3 is 15.4 Å². The quantitative estimate of drug-likeness (QED) is 0.703. The molecule has 6 heteroatoms. The Morgan fingerprint density at radius 1 is 1.03 bits per heavy atom. The Bertz CT molecular complexity index is 845. The molecule has 0 unspecified atom stereocenters. The molecule has 2 aromatic rings. The van der Waals surface area contributed by atoms with Crippen molar-refractivity contribution in [2.75, 3.05) is 39.4 Å². The zero-order valence-corrected chi connectivity index (χ0v) is 17.8. The summed E-state index contributed by atoms with van der Waals surface area (Å²) in [5.74, 6) is -0.219.